The minimum atomic E-state index is -0.752. The molecular formula is C23H23NO5. The molecule has 1 aliphatic rings. The van der Waals surface area contributed by atoms with Gasteiger partial charge < -0.3 is 24.7 Å². The lowest BCUT2D eigenvalue weighted by Gasteiger charge is -2.17. The number of benzene rings is 3. The van der Waals surface area contributed by atoms with E-state index in [4.69, 9.17) is 24.7 Å². The van der Waals surface area contributed by atoms with E-state index in [1.54, 1.807) is 7.11 Å². The van der Waals surface area contributed by atoms with Crippen molar-refractivity contribution in [2.45, 2.75) is 18.3 Å². The Labute approximate surface area is 169 Å². The van der Waals surface area contributed by atoms with Crippen LogP contribution in [0.4, 0.5) is 4.79 Å². The van der Waals surface area contributed by atoms with E-state index in [9.17, 15) is 4.79 Å². The van der Waals surface area contributed by atoms with Crippen LogP contribution >= 0.6 is 0 Å². The van der Waals surface area contributed by atoms with Crippen LogP contribution in [0.1, 0.15) is 23.3 Å². The highest BCUT2D eigenvalue weighted by atomic mass is 16.7. The van der Waals surface area contributed by atoms with Crippen molar-refractivity contribution < 1.29 is 23.7 Å². The summed E-state index contributed by atoms with van der Waals surface area (Å²) in [6.45, 7) is 0.302. The van der Waals surface area contributed by atoms with E-state index < -0.39 is 12.3 Å². The van der Waals surface area contributed by atoms with Gasteiger partial charge in [-0.05, 0) is 40.1 Å². The molecule has 3 aromatic carbocycles. The molecule has 6 heteroatoms. The summed E-state index contributed by atoms with van der Waals surface area (Å²) in [5.41, 5.74) is 7.72. The largest absolute Gasteiger partial charge is 0.509 e. The molecule has 150 valence electrons. The number of ether oxygens (including phenoxy) is 4. The van der Waals surface area contributed by atoms with Crippen molar-refractivity contribution in [1.82, 2.24) is 0 Å². The van der Waals surface area contributed by atoms with Gasteiger partial charge in [0.1, 0.15) is 30.7 Å². The Hall–Kier alpha value is -3.09. The van der Waals surface area contributed by atoms with Crippen LogP contribution in [0, 0.1) is 0 Å². The minimum absolute atomic E-state index is 0.0354. The zero-order valence-electron chi connectivity index (χ0n) is 16.1. The molecule has 6 nitrogen and oxygen atoms in total. The molecule has 29 heavy (non-hydrogen) atoms. The molecule has 3 aromatic rings. The van der Waals surface area contributed by atoms with Gasteiger partial charge in [0.25, 0.3) is 0 Å². The number of carbonyl (C=O) groups excluding carboxylic acids is 1. The number of hydrogen-bond acceptors (Lipinski definition) is 6. The van der Waals surface area contributed by atoms with Crippen LogP contribution in [-0.2, 0) is 14.2 Å². The fourth-order valence-corrected chi connectivity index (χ4v) is 3.33. The number of epoxide rings is 1. The fraction of sp³-hybridized carbons (Fsp3) is 0.261. The zero-order valence-corrected chi connectivity index (χ0v) is 16.1. The maximum absolute atomic E-state index is 12.1. The van der Waals surface area contributed by atoms with E-state index in [-0.39, 0.29) is 25.4 Å². The van der Waals surface area contributed by atoms with Gasteiger partial charge in [-0.15, -0.1) is 0 Å². The quantitative estimate of drug-likeness (QED) is 0.480. The lowest BCUT2D eigenvalue weighted by Crippen LogP contribution is -2.21. The molecule has 1 saturated heterocycles. The first-order valence-corrected chi connectivity index (χ1v) is 9.49. The SMILES string of the molecule is COc1ccc2cc([C@H](CN)OC(=O)OC[C@@H]3O[C@H]3c3ccccc3)ccc2c1. The van der Waals surface area contributed by atoms with E-state index in [0.717, 1.165) is 27.6 Å². The van der Waals surface area contributed by atoms with Crippen molar-refractivity contribution in [1.29, 1.82) is 0 Å². The van der Waals surface area contributed by atoms with Gasteiger partial charge in [0, 0.05) is 6.54 Å². The van der Waals surface area contributed by atoms with Crippen LogP contribution in [0.5, 0.6) is 5.75 Å². The van der Waals surface area contributed by atoms with Crippen molar-refractivity contribution in [2.75, 3.05) is 20.3 Å². The maximum Gasteiger partial charge on any atom is 0.509 e. The van der Waals surface area contributed by atoms with Gasteiger partial charge in [-0.3, -0.25) is 0 Å². The van der Waals surface area contributed by atoms with E-state index in [2.05, 4.69) is 0 Å². The molecule has 0 aromatic heterocycles. The summed E-state index contributed by atoms with van der Waals surface area (Å²) in [5.74, 6) is 0.788. The van der Waals surface area contributed by atoms with E-state index in [0.29, 0.717) is 0 Å². The van der Waals surface area contributed by atoms with Crippen LogP contribution in [0.2, 0.25) is 0 Å². The van der Waals surface area contributed by atoms with Gasteiger partial charge in [0.15, 0.2) is 0 Å². The number of methoxy groups -OCH3 is 1. The monoisotopic (exact) mass is 393 g/mol. The molecule has 2 N–H and O–H groups in total. The lowest BCUT2D eigenvalue weighted by atomic mass is 10.0. The summed E-state index contributed by atoms with van der Waals surface area (Å²) in [6.07, 6.45) is -1.51. The van der Waals surface area contributed by atoms with Gasteiger partial charge in [-0.2, -0.15) is 0 Å². The van der Waals surface area contributed by atoms with Crippen LogP contribution in [0.25, 0.3) is 10.8 Å². The standard InChI is InChI=1S/C23H23NO5/c1-26-19-10-9-16-11-18(8-7-17(16)12-19)20(13-24)29-23(25)27-14-21-22(28-21)15-5-3-2-4-6-15/h2-12,20-22H,13-14,24H2,1H3/t20-,21-,22-/m0/s1. The topological polar surface area (TPSA) is 83.3 Å². The average molecular weight is 393 g/mol. The summed E-state index contributed by atoms with van der Waals surface area (Å²) < 4.78 is 21.5. The Bertz CT molecular complexity index is 991. The van der Waals surface area contributed by atoms with Crippen LogP contribution in [0.15, 0.2) is 66.7 Å². The molecule has 0 amide bonds. The number of carbonyl (C=O) groups is 1. The Morgan fingerprint density at radius 1 is 1.07 bits per heavy atom. The van der Waals surface area contributed by atoms with Crippen molar-refractivity contribution >= 4 is 16.9 Å². The van der Waals surface area contributed by atoms with Crippen molar-refractivity contribution in [3.05, 3.63) is 77.9 Å². The number of hydrogen-bond donors (Lipinski definition) is 1. The summed E-state index contributed by atoms with van der Waals surface area (Å²) in [6, 6.07) is 21.4. The lowest BCUT2D eigenvalue weighted by molar-refractivity contribution is 0.0220. The highest BCUT2D eigenvalue weighted by Gasteiger charge is 2.41. The highest BCUT2D eigenvalue weighted by Crippen LogP contribution is 2.38. The predicted molar refractivity (Wildman–Crippen MR) is 109 cm³/mol. The van der Waals surface area contributed by atoms with E-state index >= 15 is 0 Å². The zero-order chi connectivity index (χ0) is 20.2. The molecule has 0 saturated carbocycles. The van der Waals surface area contributed by atoms with Gasteiger partial charge in [0.2, 0.25) is 0 Å². The number of nitrogens with two attached hydrogens (primary N) is 1. The van der Waals surface area contributed by atoms with Crippen LogP contribution in [-0.4, -0.2) is 32.5 Å². The van der Waals surface area contributed by atoms with Gasteiger partial charge in [0.05, 0.1) is 7.11 Å². The van der Waals surface area contributed by atoms with Gasteiger partial charge >= 0.3 is 6.16 Å². The summed E-state index contributed by atoms with van der Waals surface area (Å²) >= 11 is 0. The van der Waals surface area contributed by atoms with E-state index in [1.807, 2.05) is 66.7 Å². The third-order valence-corrected chi connectivity index (χ3v) is 4.97. The fourth-order valence-electron chi connectivity index (χ4n) is 3.33. The first-order valence-electron chi connectivity index (χ1n) is 9.49. The second kappa shape index (κ2) is 8.51. The Morgan fingerprint density at radius 3 is 2.59 bits per heavy atom. The third-order valence-electron chi connectivity index (χ3n) is 4.97. The summed E-state index contributed by atoms with van der Waals surface area (Å²) in [7, 11) is 1.63. The van der Waals surface area contributed by atoms with Crippen molar-refractivity contribution in [2.24, 2.45) is 5.73 Å². The Kier molecular flexibility index (Phi) is 5.64. The molecule has 0 aliphatic carbocycles. The van der Waals surface area contributed by atoms with Crippen LogP contribution in [0.3, 0.4) is 0 Å². The van der Waals surface area contributed by atoms with E-state index in [1.165, 1.54) is 0 Å². The molecule has 1 aliphatic heterocycles. The Balaban J connectivity index is 1.34. The summed E-state index contributed by atoms with van der Waals surface area (Å²) in [4.78, 5) is 12.1. The Morgan fingerprint density at radius 2 is 1.83 bits per heavy atom. The van der Waals surface area contributed by atoms with Crippen molar-refractivity contribution in [3.8, 4) is 5.75 Å². The predicted octanol–water partition coefficient (Wildman–Crippen LogP) is 4.14. The minimum Gasteiger partial charge on any atom is -0.497 e. The highest BCUT2D eigenvalue weighted by molar-refractivity contribution is 5.84. The molecule has 0 spiro atoms. The molecule has 1 fully saturated rings. The molecule has 0 radical (unpaired) electrons. The average Bonchev–Trinajstić information content (AvgIpc) is 3.55. The smallest absolute Gasteiger partial charge is 0.497 e. The molecule has 4 rings (SSSR count). The number of rotatable bonds is 7. The van der Waals surface area contributed by atoms with Gasteiger partial charge in [-0.25, -0.2) is 4.79 Å². The molecule has 1 heterocycles. The second-order valence-electron chi connectivity index (χ2n) is 6.88. The van der Waals surface area contributed by atoms with Gasteiger partial charge in [-0.1, -0.05) is 48.5 Å². The molecular weight excluding hydrogens is 370 g/mol. The molecule has 0 unspecified atom stereocenters. The van der Waals surface area contributed by atoms with Crippen molar-refractivity contribution in [3.63, 3.8) is 0 Å². The normalized spacial score (nSPS) is 18.8. The van der Waals surface area contributed by atoms with Crippen LogP contribution < -0.4 is 10.5 Å². The first-order chi connectivity index (χ1) is 14.2. The molecule has 0 bridgehead atoms. The molecule has 3 atom stereocenters. The number of fused-ring (bicyclic) bond motifs is 1. The summed E-state index contributed by atoms with van der Waals surface area (Å²) in [5, 5.41) is 2.04. The first kappa shape index (κ1) is 19.2. The third kappa shape index (κ3) is 4.50. The maximum atomic E-state index is 12.1. The second-order valence-corrected chi connectivity index (χ2v) is 6.88.